The summed E-state index contributed by atoms with van der Waals surface area (Å²) < 4.78 is 16.6. The lowest BCUT2D eigenvalue weighted by atomic mass is 10.1. The monoisotopic (exact) mass is 419 g/mol. The Kier molecular flexibility index (Phi) is 7.28. The van der Waals surface area contributed by atoms with E-state index in [2.05, 4.69) is 11.1 Å². The third kappa shape index (κ3) is 5.43. The molecule has 0 saturated heterocycles. The van der Waals surface area contributed by atoms with E-state index in [1.165, 1.54) is 0 Å². The molecule has 31 heavy (non-hydrogen) atoms. The van der Waals surface area contributed by atoms with Crippen molar-refractivity contribution in [3.05, 3.63) is 59.3 Å². The number of rotatable bonds is 9. The fraction of sp³-hybridized carbons (Fsp3) is 0.292. The number of benzene rings is 2. The second-order valence-corrected chi connectivity index (χ2v) is 6.78. The maximum atomic E-state index is 12.3. The first-order valence-electron chi connectivity index (χ1n) is 10.2. The van der Waals surface area contributed by atoms with Crippen LogP contribution in [0.2, 0.25) is 0 Å². The molecule has 7 nitrogen and oxygen atoms in total. The number of ether oxygens (including phenoxy) is 3. The second kappa shape index (κ2) is 10.3. The van der Waals surface area contributed by atoms with Gasteiger partial charge in [0.2, 0.25) is 5.90 Å². The molecule has 0 aromatic heterocycles. The molecule has 0 N–H and O–H groups in total. The van der Waals surface area contributed by atoms with Crippen LogP contribution in [0.15, 0.2) is 53.2 Å². The van der Waals surface area contributed by atoms with E-state index < -0.39 is 5.97 Å². The van der Waals surface area contributed by atoms with Crippen molar-refractivity contribution in [2.24, 2.45) is 4.99 Å². The fourth-order valence-electron chi connectivity index (χ4n) is 3.05. The highest BCUT2D eigenvalue weighted by Crippen LogP contribution is 2.30. The van der Waals surface area contributed by atoms with Crippen molar-refractivity contribution in [2.75, 3.05) is 31.7 Å². The third-order valence-electron chi connectivity index (χ3n) is 4.61. The Balaban J connectivity index is 1.81. The summed E-state index contributed by atoms with van der Waals surface area (Å²) in [6.07, 6.45) is 2.15. The molecule has 3 rings (SSSR count). The first-order valence-corrected chi connectivity index (χ1v) is 10.2. The predicted octanol–water partition coefficient (Wildman–Crippen LogP) is 4.18. The number of carbonyl (C=O) groups excluding carboxylic acids is 1. The van der Waals surface area contributed by atoms with Gasteiger partial charge in [0, 0.05) is 24.8 Å². The number of hydrogen-bond acceptors (Lipinski definition) is 7. The lowest BCUT2D eigenvalue weighted by Gasteiger charge is -2.17. The van der Waals surface area contributed by atoms with Gasteiger partial charge in [0.05, 0.1) is 25.7 Å². The number of hydrogen-bond donors (Lipinski definition) is 0. The van der Waals surface area contributed by atoms with Crippen molar-refractivity contribution < 1.29 is 19.0 Å². The highest BCUT2D eigenvalue weighted by Gasteiger charge is 2.25. The Morgan fingerprint density at radius 1 is 1.10 bits per heavy atom. The quantitative estimate of drug-likeness (QED) is 0.448. The summed E-state index contributed by atoms with van der Waals surface area (Å²) in [5.41, 5.74) is 2.69. The average molecular weight is 419 g/mol. The van der Waals surface area contributed by atoms with Gasteiger partial charge in [-0.3, -0.25) is 0 Å². The molecule has 1 aliphatic heterocycles. The summed E-state index contributed by atoms with van der Waals surface area (Å²) in [6, 6.07) is 15.1. The molecule has 2 aromatic rings. The van der Waals surface area contributed by atoms with Crippen LogP contribution in [-0.2, 0) is 9.53 Å². The van der Waals surface area contributed by atoms with Crippen LogP contribution >= 0.6 is 0 Å². The second-order valence-electron chi connectivity index (χ2n) is 6.78. The van der Waals surface area contributed by atoms with E-state index in [1.807, 2.05) is 50.1 Å². The molecule has 0 bridgehead atoms. The summed E-state index contributed by atoms with van der Waals surface area (Å²) >= 11 is 0. The van der Waals surface area contributed by atoms with Gasteiger partial charge in [-0.2, -0.15) is 5.26 Å². The van der Waals surface area contributed by atoms with Crippen LogP contribution in [0.4, 0.5) is 5.69 Å². The van der Waals surface area contributed by atoms with Crippen molar-refractivity contribution in [3.63, 3.8) is 0 Å². The lowest BCUT2D eigenvalue weighted by molar-refractivity contribution is -0.129. The van der Waals surface area contributed by atoms with Crippen molar-refractivity contribution in [1.29, 1.82) is 5.26 Å². The Labute approximate surface area is 182 Å². The molecular formula is C24H25N3O4. The minimum absolute atomic E-state index is 0.229. The molecule has 0 aliphatic carbocycles. The molecule has 160 valence electrons. The molecule has 0 saturated carbocycles. The number of aliphatic imine (C=N–C) groups is 1. The first-order chi connectivity index (χ1) is 15.0. The van der Waals surface area contributed by atoms with Gasteiger partial charge in [-0.15, -0.1) is 0 Å². The number of nitrogens with zero attached hydrogens (tertiary/aromatic N) is 3. The van der Waals surface area contributed by atoms with Gasteiger partial charge in [0.15, 0.2) is 17.2 Å². The SMILES string of the molecule is CCOc1ccc(C2=N/C(=C\c3ccc(N(C)CCC#N)cc3)C(=O)O2)cc1OCC. The largest absolute Gasteiger partial charge is 0.490 e. The van der Waals surface area contributed by atoms with Crippen molar-refractivity contribution >= 4 is 23.6 Å². The zero-order valence-corrected chi connectivity index (χ0v) is 17.9. The topological polar surface area (TPSA) is 84.2 Å². The van der Waals surface area contributed by atoms with Gasteiger partial charge in [-0.05, 0) is 55.8 Å². The summed E-state index contributed by atoms with van der Waals surface area (Å²) in [6.45, 7) is 5.46. The zero-order chi connectivity index (χ0) is 22.2. The molecule has 0 spiro atoms. The van der Waals surface area contributed by atoms with Gasteiger partial charge in [0.1, 0.15) is 0 Å². The normalized spacial score (nSPS) is 14.1. The Hall–Kier alpha value is -3.79. The van der Waals surface area contributed by atoms with E-state index in [0.29, 0.717) is 43.2 Å². The number of anilines is 1. The number of carbonyl (C=O) groups is 1. The third-order valence-corrected chi connectivity index (χ3v) is 4.61. The van der Waals surface area contributed by atoms with Crippen molar-refractivity contribution in [2.45, 2.75) is 20.3 Å². The smallest absolute Gasteiger partial charge is 0.363 e. The first kappa shape index (κ1) is 21.9. The molecule has 0 unspecified atom stereocenters. The Bertz CT molecular complexity index is 1040. The number of cyclic esters (lactones) is 1. The van der Waals surface area contributed by atoms with Crippen molar-refractivity contribution in [3.8, 4) is 17.6 Å². The van der Waals surface area contributed by atoms with Crippen LogP contribution in [0.25, 0.3) is 6.08 Å². The van der Waals surface area contributed by atoms with Gasteiger partial charge in [-0.1, -0.05) is 12.1 Å². The maximum absolute atomic E-state index is 12.3. The summed E-state index contributed by atoms with van der Waals surface area (Å²) in [5, 5.41) is 8.72. The van der Waals surface area contributed by atoms with Crippen LogP contribution in [0.1, 0.15) is 31.4 Å². The number of nitriles is 1. The van der Waals surface area contributed by atoms with Crippen LogP contribution < -0.4 is 14.4 Å². The van der Waals surface area contributed by atoms with Crippen LogP contribution in [0, 0.1) is 11.3 Å². The van der Waals surface area contributed by atoms with Crippen LogP contribution in [0.5, 0.6) is 11.5 Å². The molecule has 1 aliphatic rings. The summed E-state index contributed by atoms with van der Waals surface area (Å²) in [5.74, 6) is 0.938. The maximum Gasteiger partial charge on any atom is 0.363 e. The average Bonchev–Trinajstić information content (AvgIpc) is 3.14. The Morgan fingerprint density at radius 2 is 1.81 bits per heavy atom. The molecule has 7 heteroatoms. The van der Waals surface area contributed by atoms with Gasteiger partial charge in [-0.25, -0.2) is 9.79 Å². The van der Waals surface area contributed by atoms with E-state index in [-0.39, 0.29) is 11.6 Å². The standard InChI is InChI=1S/C24H25N3O4/c1-4-29-21-12-9-18(16-22(21)30-5-2)23-26-20(24(28)31-23)15-17-7-10-19(11-8-17)27(3)14-6-13-25/h7-12,15-16H,4-6,14H2,1-3H3/b20-15-. The van der Waals surface area contributed by atoms with E-state index >= 15 is 0 Å². The minimum atomic E-state index is -0.503. The summed E-state index contributed by atoms with van der Waals surface area (Å²) in [4.78, 5) is 18.7. The minimum Gasteiger partial charge on any atom is -0.490 e. The van der Waals surface area contributed by atoms with E-state index in [0.717, 1.165) is 11.3 Å². The Morgan fingerprint density at radius 3 is 2.48 bits per heavy atom. The van der Waals surface area contributed by atoms with Gasteiger partial charge >= 0.3 is 5.97 Å². The molecular weight excluding hydrogens is 394 g/mol. The van der Waals surface area contributed by atoms with Gasteiger partial charge in [0.25, 0.3) is 0 Å². The highest BCUT2D eigenvalue weighted by atomic mass is 16.6. The van der Waals surface area contributed by atoms with E-state index in [9.17, 15) is 4.79 Å². The molecule has 2 aromatic carbocycles. The molecule has 1 heterocycles. The highest BCUT2D eigenvalue weighted by molar-refractivity contribution is 6.13. The van der Waals surface area contributed by atoms with E-state index in [1.54, 1.807) is 24.3 Å². The molecule has 0 fully saturated rings. The van der Waals surface area contributed by atoms with Crippen LogP contribution in [-0.4, -0.2) is 38.7 Å². The molecule has 0 amide bonds. The van der Waals surface area contributed by atoms with Crippen molar-refractivity contribution in [1.82, 2.24) is 0 Å². The fourth-order valence-corrected chi connectivity index (χ4v) is 3.05. The van der Waals surface area contributed by atoms with E-state index in [4.69, 9.17) is 19.5 Å². The van der Waals surface area contributed by atoms with Crippen LogP contribution in [0.3, 0.4) is 0 Å². The molecule has 0 radical (unpaired) electrons. The molecule has 0 atom stereocenters. The number of esters is 1. The summed E-state index contributed by atoms with van der Waals surface area (Å²) in [7, 11) is 1.93. The predicted molar refractivity (Wildman–Crippen MR) is 119 cm³/mol. The zero-order valence-electron chi connectivity index (χ0n) is 17.9. The van der Waals surface area contributed by atoms with Gasteiger partial charge < -0.3 is 19.1 Å². The lowest BCUT2D eigenvalue weighted by Crippen LogP contribution is -2.17.